The normalized spacial score (nSPS) is 14.3. The van der Waals surface area contributed by atoms with Gasteiger partial charge in [-0.2, -0.15) is 0 Å². The van der Waals surface area contributed by atoms with E-state index in [4.69, 9.17) is 0 Å². The van der Waals surface area contributed by atoms with Crippen LogP contribution in [-0.2, 0) is 4.79 Å². The summed E-state index contributed by atoms with van der Waals surface area (Å²) in [4.78, 5) is 12.3. The molecule has 0 aliphatic rings. The summed E-state index contributed by atoms with van der Waals surface area (Å²) >= 11 is 0. The summed E-state index contributed by atoms with van der Waals surface area (Å²) in [7, 11) is 0. The maximum absolute atomic E-state index is 12.3. The maximum Gasteiger partial charge on any atom is 0.220 e. The van der Waals surface area contributed by atoms with Crippen LogP contribution in [0.15, 0.2) is 0 Å². The smallest absolute Gasteiger partial charge is 0.220 e. The number of nitrogens with one attached hydrogen (secondary N) is 1. The van der Waals surface area contributed by atoms with Crippen molar-refractivity contribution in [3.05, 3.63) is 0 Å². The molecule has 0 aliphatic carbocycles. The molecular formula is C18H37NO. The minimum atomic E-state index is -0.146. The number of carbonyl (C=O) groups excluding carboxylic acids is 1. The van der Waals surface area contributed by atoms with E-state index in [2.05, 4.69) is 74.6 Å². The average Bonchev–Trinajstić information content (AvgIpc) is 1.86. The molecule has 2 nitrogen and oxygen atoms in total. The zero-order valence-electron chi connectivity index (χ0n) is 15.5. The third kappa shape index (κ3) is 10.3. The van der Waals surface area contributed by atoms with Gasteiger partial charge in [0.1, 0.15) is 0 Å². The van der Waals surface area contributed by atoms with Crippen LogP contribution in [0.25, 0.3) is 0 Å². The zero-order chi connectivity index (χ0) is 16.4. The van der Waals surface area contributed by atoms with Gasteiger partial charge in [-0.15, -0.1) is 0 Å². The largest absolute Gasteiger partial charge is 0.351 e. The molecule has 20 heavy (non-hydrogen) atoms. The molecular weight excluding hydrogens is 246 g/mol. The molecule has 0 aromatic carbocycles. The summed E-state index contributed by atoms with van der Waals surface area (Å²) in [6.45, 7) is 21.9. The van der Waals surface area contributed by atoms with Crippen LogP contribution in [0.3, 0.4) is 0 Å². The van der Waals surface area contributed by atoms with E-state index in [1.807, 2.05) is 0 Å². The highest BCUT2D eigenvalue weighted by Crippen LogP contribution is 2.36. The van der Waals surface area contributed by atoms with Gasteiger partial charge in [-0.05, 0) is 42.9 Å². The zero-order valence-corrected chi connectivity index (χ0v) is 15.5. The third-order valence-corrected chi connectivity index (χ3v) is 3.10. The Balaban J connectivity index is 4.56. The van der Waals surface area contributed by atoms with E-state index in [1.165, 1.54) is 0 Å². The Kier molecular flexibility index (Phi) is 5.91. The summed E-state index contributed by atoms with van der Waals surface area (Å²) in [5.41, 5.74) is 0.371. The summed E-state index contributed by atoms with van der Waals surface area (Å²) in [5.74, 6) is 0.175. The molecule has 0 radical (unpaired) electrons. The summed E-state index contributed by atoms with van der Waals surface area (Å²) in [6.07, 6.45) is 2.62. The van der Waals surface area contributed by atoms with Crippen LogP contribution in [0, 0.1) is 16.2 Å². The molecule has 0 spiro atoms. The van der Waals surface area contributed by atoms with Gasteiger partial charge in [0.15, 0.2) is 0 Å². The molecule has 0 unspecified atom stereocenters. The van der Waals surface area contributed by atoms with E-state index < -0.39 is 0 Å². The number of hydrogen-bond acceptors (Lipinski definition) is 1. The Morgan fingerprint density at radius 3 is 1.50 bits per heavy atom. The molecule has 0 aromatic rings. The van der Waals surface area contributed by atoms with Gasteiger partial charge in [-0.25, -0.2) is 0 Å². The van der Waals surface area contributed by atoms with Gasteiger partial charge in [0.2, 0.25) is 5.91 Å². The Bertz CT molecular complexity index is 294. The molecule has 120 valence electrons. The van der Waals surface area contributed by atoms with E-state index >= 15 is 0 Å². The first-order valence-corrected chi connectivity index (χ1v) is 7.83. The summed E-state index contributed by atoms with van der Waals surface area (Å²) < 4.78 is 0. The van der Waals surface area contributed by atoms with E-state index in [-0.39, 0.29) is 27.7 Å². The predicted molar refractivity (Wildman–Crippen MR) is 88.8 cm³/mol. The molecule has 0 aromatic heterocycles. The summed E-state index contributed by atoms with van der Waals surface area (Å²) in [6, 6.07) is 0. The molecule has 0 rings (SSSR count). The lowest BCUT2D eigenvalue weighted by Gasteiger charge is -2.36. The fourth-order valence-corrected chi connectivity index (χ4v) is 3.72. The lowest BCUT2D eigenvalue weighted by atomic mass is 9.74. The fraction of sp³-hybridized carbons (Fsp3) is 0.944. The van der Waals surface area contributed by atoms with Crippen LogP contribution in [0.5, 0.6) is 0 Å². The lowest BCUT2D eigenvalue weighted by Crippen LogP contribution is -2.47. The Morgan fingerprint density at radius 1 is 0.750 bits per heavy atom. The van der Waals surface area contributed by atoms with Crippen LogP contribution < -0.4 is 5.32 Å². The van der Waals surface area contributed by atoms with Crippen molar-refractivity contribution in [3.8, 4) is 0 Å². The standard InChI is InChI=1S/C18H37NO/c1-15(2,3)12-17(7,8)11-14(20)19-18(9,10)13-16(4,5)6/h11-13H2,1-10H3,(H,19,20). The minimum absolute atomic E-state index is 0.0418. The second kappa shape index (κ2) is 6.07. The number of rotatable bonds is 5. The quantitative estimate of drug-likeness (QED) is 0.741. The monoisotopic (exact) mass is 283 g/mol. The third-order valence-electron chi connectivity index (χ3n) is 3.10. The molecule has 1 amide bonds. The topological polar surface area (TPSA) is 29.1 Å². The Labute approximate surface area is 127 Å². The summed E-state index contributed by atoms with van der Waals surface area (Å²) in [5, 5.41) is 3.22. The van der Waals surface area contributed by atoms with Gasteiger partial charge < -0.3 is 5.32 Å². The predicted octanol–water partition coefficient (Wildman–Crippen LogP) is 5.17. The second-order valence-electron chi connectivity index (χ2n) is 10.2. The lowest BCUT2D eigenvalue weighted by molar-refractivity contribution is -0.125. The van der Waals surface area contributed by atoms with Gasteiger partial charge >= 0.3 is 0 Å². The highest BCUT2D eigenvalue weighted by molar-refractivity contribution is 5.77. The van der Waals surface area contributed by atoms with Crippen LogP contribution in [0.2, 0.25) is 0 Å². The molecule has 0 atom stereocenters. The van der Waals surface area contributed by atoms with Crippen molar-refractivity contribution in [2.75, 3.05) is 0 Å². The fourth-order valence-electron chi connectivity index (χ4n) is 3.72. The molecule has 1 N–H and O–H groups in total. The number of carbonyl (C=O) groups is 1. The van der Waals surface area contributed by atoms with Crippen molar-refractivity contribution >= 4 is 5.91 Å². The number of hydrogen-bond donors (Lipinski definition) is 1. The van der Waals surface area contributed by atoms with Crippen LogP contribution in [-0.4, -0.2) is 11.4 Å². The molecule has 0 heterocycles. The van der Waals surface area contributed by atoms with Crippen LogP contribution in [0.1, 0.15) is 88.5 Å². The SMILES string of the molecule is CC(C)(C)CC(C)(C)CC(=O)NC(C)(C)CC(C)(C)C. The first kappa shape index (κ1) is 19.5. The second-order valence-corrected chi connectivity index (χ2v) is 10.2. The van der Waals surface area contributed by atoms with Crippen molar-refractivity contribution in [1.82, 2.24) is 5.32 Å². The van der Waals surface area contributed by atoms with Crippen molar-refractivity contribution in [3.63, 3.8) is 0 Å². The van der Waals surface area contributed by atoms with E-state index in [1.54, 1.807) is 0 Å². The maximum atomic E-state index is 12.3. The molecule has 0 bridgehead atoms. The Morgan fingerprint density at radius 2 is 1.15 bits per heavy atom. The highest BCUT2D eigenvalue weighted by Gasteiger charge is 2.31. The van der Waals surface area contributed by atoms with Crippen molar-refractivity contribution in [2.45, 2.75) is 94.0 Å². The van der Waals surface area contributed by atoms with Gasteiger partial charge in [-0.1, -0.05) is 55.4 Å². The highest BCUT2D eigenvalue weighted by atomic mass is 16.1. The minimum Gasteiger partial charge on any atom is -0.351 e. The van der Waals surface area contributed by atoms with Crippen molar-refractivity contribution < 1.29 is 4.79 Å². The van der Waals surface area contributed by atoms with E-state index in [0.29, 0.717) is 6.42 Å². The first-order valence-electron chi connectivity index (χ1n) is 7.83. The molecule has 0 saturated heterocycles. The molecule has 0 saturated carbocycles. The molecule has 2 heteroatoms. The van der Waals surface area contributed by atoms with Gasteiger partial charge in [0.25, 0.3) is 0 Å². The molecule has 0 fully saturated rings. The van der Waals surface area contributed by atoms with E-state index in [0.717, 1.165) is 12.8 Å². The van der Waals surface area contributed by atoms with Gasteiger partial charge in [-0.3, -0.25) is 4.79 Å². The number of amides is 1. The van der Waals surface area contributed by atoms with E-state index in [9.17, 15) is 4.79 Å². The van der Waals surface area contributed by atoms with Crippen molar-refractivity contribution in [2.24, 2.45) is 16.2 Å². The van der Waals surface area contributed by atoms with Crippen LogP contribution in [0.4, 0.5) is 0 Å². The van der Waals surface area contributed by atoms with Gasteiger partial charge in [0.05, 0.1) is 0 Å². The van der Waals surface area contributed by atoms with Crippen LogP contribution >= 0.6 is 0 Å². The molecule has 0 aliphatic heterocycles. The first-order chi connectivity index (χ1) is 8.52. The Hall–Kier alpha value is -0.530. The van der Waals surface area contributed by atoms with Crippen molar-refractivity contribution in [1.29, 1.82) is 0 Å². The van der Waals surface area contributed by atoms with Gasteiger partial charge in [0, 0.05) is 12.0 Å². The average molecular weight is 284 g/mol.